The summed E-state index contributed by atoms with van der Waals surface area (Å²) in [4.78, 5) is 25.6. The maximum Gasteiger partial charge on any atom is 0.307 e. The molecule has 5 nitrogen and oxygen atoms in total. The molecule has 1 amide bonds. The van der Waals surface area contributed by atoms with Crippen molar-refractivity contribution in [2.24, 2.45) is 17.8 Å². The predicted octanol–water partition coefficient (Wildman–Crippen LogP) is 1.78. The summed E-state index contributed by atoms with van der Waals surface area (Å²) in [5, 5.41) is 9.32. The summed E-state index contributed by atoms with van der Waals surface area (Å²) in [6.07, 6.45) is 3.87. The second-order valence-electron chi connectivity index (χ2n) is 5.36. The first-order chi connectivity index (χ1) is 9.54. The third-order valence-electron chi connectivity index (χ3n) is 4.10. The molecule has 1 unspecified atom stereocenters. The summed E-state index contributed by atoms with van der Waals surface area (Å²) < 4.78 is 5.00. The molecule has 1 aliphatic carbocycles. The lowest BCUT2D eigenvalue weighted by molar-refractivity contribution is -0.149. The van der Waals surface area contributed by atoms with Gasteiger partial charge in [0.25, 0.3) is 0 Å². The number of carboxylic acids is 1. The molecule has 1 N–H and O–H groups in total. The highest BCUT2D eigenvalue weighted by Gasteiger charge is 2.43. The Morgan fingerprint density at radius 3 is 2.55 bits per heavy atom. The molecule has 0 aromatic rings. The summed E-state index contributed by atoms with van der Waals surface area (Å²) in [6.45, 7) is 7.05. The number of nitrogens with zero attached hydrogens (tertiary/aromatic N) is 1. The van der Waals surface area contributed by atoms with Crippen LogP contribution in [0.15, 0.2) is 12.7 Å². The van der Waals surface area contributed by atoms with Gasteiger partial charge in [-0.25, -0.2) is 0 Å². The monoisotopic (exact) mass is 283 g/mol. The normalized spacial score (nSPS) is 25.4. The number of methoxy groups -OCH3 is 1. The molecule has 0 spiro atoms. The molecule has 0 aliphatic heterocycles. The van der Waals surface area contributed by atoms with Gasteiger partial charge in [0.1, 0.15) is 0 Å². The van der Waals surface area contributed by atoms with Crippen LogP contribution in [0.4, 0.5) is 0 Å². The van der Waals surface area contributed by atoms with E-state index >= 15 is 0 Å². The molecule has 1 aliphatic rings. The third kappa shape index (κ3) is 4.07. The number of carbonyl (C=O) groups is 2. The topological polar surface area (TPSA) is 66.8 Å². The van der Waals surface area contributed by atoms with E-state index in [4.69, 9.17) is 4.74 Å². The van der Waals surface area contributed by atoms with E-state index in [2.05, 4.69) is 6.58 Å². The van der Waals surface area contributed by atoms with Crippen LogP contribution in [0.2, 0.25) is 0 Å². The van der Waals surface area contributed by atoms with Gasteiger partial charge in [0.15, 0.2) is 0 Å². The Labute approximate surface area is 120 Å². The molecule has 1 saturated carbocycles. The molecule has 0 bridgehead atoms. The van der Waals surface area contributed by atoms with Gasteiger partial charge in [-0.05, 0) is 18.8 Å². The van der Waals surface area contributed by atoms with Crippen molar-refractivity contribution in [1.82, 2.24) is 4.90 Å². The van der Waals surface area contributed by atoms with Gasteiger partial charge in [0.2, 0.25) is 5.91 Å². The summed E-state index contributed by atoms with van der Waals surface area (Å²) in [6, 6.07) is 0. The number of amides is 1. The number of carboxylic acid groups (broad SMARTS) is 1. The van der Waals surface area contributed by atoms with Crippen molar-refractivity contribution < 1.29 is 19.4 Å². The van der Waals surface area contributed by atoms with E-state index < -0.39 is 17.8 Å². The van der Waals surface area contributed by atoms with Crippen molar-refractivity contribution in [3.63, 3.8) is 0 Å². The minimum absolute atomic E-state index is 0.0784. The first-order valence-corrected chi connectivity index (χ1v) is 7.16. The summed E-state index contributed by atoms with van der Waals surface area (Å²) in [5.41, 5.74) is 0. The van der Waals surface area contributed by atoms with E-state index in [9.17, 15) is 14.7 Å². The number of ether oxygens (including phenoxy) is 1. The molecule has 0 aromatic heterocycles. The fourth-order valence-corrected chi connectivity index (χ4v) is 2.91. The van der Waals surface area contributed by atoms with E-state index in [-0.39, 0.29) is 5.91 Å². The number of rotatable bonds is 8. The first kappa shape index (κ1) is 16.7. The van der Waals surface area contributed by atoms with Crippen LogP contribution < -0.4 is 0 Å². The fourth-order valence-electron chi connectivity index (χ4n) is 2.91. The van der Waals surface area contributed by atoms with Crippen molar-refractivity contribution in [2.75, 3.05) is 26.8 Å². The minimum atomic E-state index is -0.857. The standard InChI is InChI=1S/C15H25NO4/c1-4-6-16(7-8-20-3)14(17)12-9-11(5-2)10-13(12)15(18)19/h4,11-13H,1,5-10H2,2-3H3,(H,18,19)/t11?,12-,13+/m0/s1. The molecule has 0 radical (unpaired) electrons. The fraction of sp³-hybridized carbons (Fsp3) is 0.733. The number of hydrogen-bond acceptors (Lipinski definition) is 3. The highest BCUT2D eigenvalue weighted by atomic mass is 16.5. The smallest absolute Gasteiger partial charge is 0.307 e. The van der Waals surface area contributed by atoms with Crippen molar-refractivity contribution in [3.05, 3.63) is 12.7 Å². The molecule has 5 heteroatoms. The molecular formula is C15H25NO4. The Kier molecular flexibility index (Phi) is 6.71. The van der Waals surface area contributed by atoms with Crippen molar-refractivity contribution >= 4 is 11.9 Å². The van der Waals surface area contributed by atoms with Crippen LogP contribution in [0.1, 0.15) is 26.2 Å². The highest BCUT2D eigenvalue weighted by molar-refractivity contribution is 5.85. The Morgan fingerprint density at radius 1 is 1.40 bits per heavy atom. The molecule has 20 heavy (non-hydrogen) atoms. The molecule has 1 rings (SSSR count). The Balaban J connectivity index is 2.79. The van der Waals surface area contributed by atoms with Crippen LogP contribution in [-0.2, 0) is 14.3 Å². The zero-order chi connectivity index (χ0) is 15.1. The second kappa shape index (κ2) is 8.04. The van der Waals surface area contributed by atoms with Crippen molar-refractivity contribution in [1.29, 1.82) is 0 Å². The first-order valence-electron chi connectivity index (χ1n) is 7.16. The minimum Gasteiger partial charge on any atom is -0.481 e. The van der Waals surface area contributed by atoms with Crippen LogP contribution in [0.5, 0.6) is 0 Å². The van der Waals surface area contributed by atoms with E-state index in [0.29, 0.717) is 38.5 Å². The van der Waals surface area contributed by atoms with Crippen molar-refractivity contribution in [3.8, 4) is 0 Å². The van der Waals surface area contributed by atoms with E-state index in [1.165, 1.54) is 0 Å². The SMILES string of the molecule is C=CCN(CCOC)C(=O)[C@H]1CC(CC)C[C@H]1C(=O)O. The maximum atomic E-state index is 12.6. The van der Waals surface area contributed by atoms with Gasteiger partial charge in [-0.15, -0.1) is 6.58 Å². The highest BCUT2D eigenvalue weighted by Crippen LogP contribution is 2.39. The number of hydrogen-bond donors (Lipinski definition) is 1. The lowest BCUT2D eigenvalue weighted by Crippen LogP contribution is -2.41. The van der Waals surface area contributed by atoms with Gasteiger partial charge in [-0.2, -0.15) is 0 Å². The number of carbonyl (C=O) groups excluding carboxylic acids is 1. The zero-order valence-electron chi connectivity index (χ0n) is 12.4. The van der Waals surface area contributed by atoms with Gasteiger partial charge in [-0.1, -0.05) is 19.4 Å². The largest absolute Gasteiger partial charge is 0.481 e. The van der Waals surface area contributed by atoms with Crippen LogP contribution in [0, 0.1) is 17.8 Å². The van der Waals surface area contributed by atoms with Gasteiger partial charge in [-0.3, -0.25) is 9.59 Å². The van der Waals surface area contributed by atoms with Crippen molar-refractivity contribution in [2.45, 2.75) is 26.2 Å². The lowest BCUT2D eigenvalue weighted by atomic mass is 9.94. The van der Waals surface area contributed by atoms with E-state index in [0.717, 1.165) is 6.42 Å². The second-order valence-corrected chi connectivity index (χ2v) is 5.36. The average molecular weight is 283 g/mol. The molecule has 0 heterocycles. The van der Waals surface area contributed by atoms with E-state index in [1.807, 2.05) is 6.92 Å². The van der Waals surface area contributed by atoms with Crippen LogP contribution >= 0.6 is 0 Å². The Morgan fingerprint density at radius 2 is 2.05 bits per heavy atom. The van der Waals surface area contributed by atoms with Crippen LogP contribution in [-0.4, -0.2) is 48.7 Å². The van der Waals surface area contributed by atoms with Gasteiger partial charge < -0.3 is 14.7 Å². The van der Waals surface area contributed by atoms with Gasteiger partial charge >= 0.3 is 5.97 Å². The van der Waals surface area contributed by atoms with Crippen LogP contribution in [0.25, 0.3) is 0 Å². The molecule has 114 valence electrons. The maximum absolute atomic E-state index is 12.6. The molecule has 1 fully saturated rings. The zero-order valence-corrected chi connectivity index (χ0v) is 12.4. The molecule has 0 aromatic carbocycles. The van der Waals surface area contributed by atoms with E-state index in [1.54, 1.807) is 18.1 Å². The van der Waals surface area contributed by atoms with Crippen LogP contribution in [0.3, 0.4) is 0 Å². The van der Waals surface area contributed by atoms with Gasteiger partial charge in [0, 0.05) is 20.2 Å². The Hall–Kier alpha value is -1.36. The molecule has 3 atom stereocenters. The molecular weight excluding hydrogens is 258 g/mol. The predicted molar refractivity (Wildman–Crippen MR) is 76.3 cm³/mol. The summed E-state index contributed by atoms with van der Waals surface area (Å²) in [7, 11) is 1.58. The lowest BCUT2D eigenvalue weighted by Gasteiger charge is -2.26. The van der Waals surface area contributed by atoms with Gasteiger partial charge in [0.05, 0.1) is 18.4 Å². The summed E-state index contributed by atoms with van der Waals surface area (Å²) >= 11 is 0. The quantitative estimate of drug-likeness (QED) is 0.690. The summed E-state index contributed by atoms with van der Waals surface area (Å²) in [5.74, 6) is -1.57. The average Bonchev–Trinajstić information content (AvgIpc) is 2.87. The Bertz CT molecular complexity index is 356. The molecule has 0 saturated heterocycles. The number of aliphatic carboxylic acids is 1. The third-order valence-corrected chi connectivity index (χ3v) is 4.10.